The lowest BCUT2D eigenvalue weighted by atomic mass is 10.1. The molecule has 5 heteroatoms. The first-order valence-electron chi connectivity index (χ1n) is 7.51. The number of nitrogens with zero attached hydrogens (tertiary/aromatic N) is 1. The molecule has 0 bridgehead atoms. The van der Waals surface area contributed by atoms with Crippen molar-refractivity contribution in [1.82, 2.24) is 4.98 Å². The Morgan fingerprint density at radius 2 is 1.96 bits per heavy atom. The van der Waals surface area contributed by atoms with Crippen LogP contribution in [0.4, 0.5) is 5.69 Å². The molecule has 0 saturated heterocycles. The molecule has 0 fully saturated rings. The molecule has 0 atom stereocenters. The van der Waals surface area contributed by atoms with Gasteiger partial charge < -0.3 is 5.32 Å². The molecule has 1 aliphatic heterocycles. The maximum atomic E-state index is 6.05. The molecule has 1 N–H and O–H groups in total. The first-order valence-corrected chi connectivity index (χ1v) is 9.52. The summed E-state index contributed by atoms with van der Waals surface area (Å²) in [4.78, 5) is 5.92. The maximum Gasteiger partial charge on any atom is 0.119 e. The van der Waals surface area contributed by atoms with Gasteiger partial charge in [-0.3, -0.25) is 0 Å². The summed E-state index contributed by atoms with van der Waals surface area (Å²) in [6.45, 7) is 0. The van der Waals surface area contributed by atoms with Crippen molar-refractivity contribution in [3.8, 4) is 0 Å². The van der Waals surface area contributed by atoms with Crippen LogP contribution in [0.15, 0.2) is 64.5 Å². The summed E-state index contributed by atoms with van der Waals surface area (Å²) in [5, 5.41) is 8.86. The lowest BCUT2D eigenvalue weighted by Gasteiger charge is -2.03. The number of rotatable bonds is 1. The first-order chi connectivity index (χ1) is 11.8. The Labute approximate surface area is 152 Å². The van der Waals surface area contributed by atoms with Crippen LogP contribution in [0.5, 0.6) is 0 Å². The van der Waals surface area contributed by atoms with E-state index >= 15 is 0 Å². The third kappa shape index (κ3) is 2.38. The SMILES string of the molecule is Clc1ccc2sc(/C=C3/Nc4c(ccc5ccccc45)S3)nc2c1. The van der Waals surface area contributed by atoms with Crippen molar-refractivity contribution in [2.24, 2.45) is 0 Å². The van der Waals surface area contributed by atoms with Crippen molar-refractivity contribution < 1.29 is 0 Å². The minimum atomic E-state index is 0.722. The zero-order chi connectivity index (χ0) is 16.1. The Balaban J connectivity index is 1.55. The molecule has 5 rings (SSSR count). The molecule has 0 saturated carbocycles. The summed E-state index contributed by atoms with van der Waals surface area (Å²) in [6.07, 6.45) is 2.11. The second-order valence-corrected chi connectivity index (χ2v) is 8.14. The van der Waals surface area contributed by atoms with E-state index in [2.05, 4.69) is 52.8 Å². The Bertz CT molecular complexity index is 1130. The minimum absolute atomic E-state index is 0.722. The first kappa shape index (κ1) is 14.3. The predicted molar refractivity (Wildman–Crippen MR) is 106 cm³/mol. The van der Waals surface area contributed by atoms with E-state index in [0.29, 0.717) is 0 Å². The quantitative estimate of drug-likeness (QED) is 0.409. The fourth-order valence-corrected chi connectivity index (χ4v) is 4.98. The molecule has 0 spiro atoms. The van der Waals surface area contributed by atoms with E-state index in [9.17, 15) is 0 Å². The van der Waals surface area contributed by atoms with Crippen molar-refractivity contribution in [2.75, 3.05) is 5.32 Å². The molecule has 0 radical (unpaired) electrons. The average Bonchev–Trinajstić information content (AvgIpc) is 3.17. The van der Waals surface area contributed by atoms with Crippen molar-refractivity contribution in [3.05, 3.63) is 69.7 Å². The minimum Gasteiger partial charge on any atom is -0.348 e. The van der Waals surface area contributed by atoms with Gasteiger partial charge in [0.1, 0.15) is 5.01 Å². The van der Waals surface area contributed by atoms with Crippen LogP contribution in [0.1, 0.15) is 5.01 Å². The van der Waals surface area contributed by atoms with Gasteiger partial charge >= 0.3 is 0 Å². The Kier molecular flexibility index (Phi) is 3.30. The van der Waals surface area contributed by atoms with Crippen LogP contribution in [0.25, 0.3) is 27.1 Å². The Morgan fingerprint density at radius 3 is 2.92 bits per heavy atom. The van der Waals surface area contributed by atoms with E-state index in [1.165, 1.54) is 21.4 Å². The zero-order valence-corrected chi connectivity index (χ0v) is 14.8. The zero-order valence-electron chi connectivity index (χ0n) is 12.4. The molecule has 0 unspecified atom stereocenters. The van der Waals surface area contributed by atoms with Crippen LogP contribution in [-0.4, -0.2) is 4.98 Å². The van der Waals surface area contributed by atoms with Gasteiger partial charge in [-0.05, 0) is 29.7 Å². The van der Waals surface area contributed by atoms with Crippen LogP contribution in [-0.2, 0) is 0 Å². The van der Waals surface area contributed by atoms with Crippen LogP contribution >= 0.6 is 34.7 Å². The van der Waals surface area contributed by atoms with E-state index in [-0.39, 0.29) is 0 Å². The molecule has 1 aliphatic rings. The van der Waals surface area contributed by atoms with Crippen molar-refractivity contribution >= 4 is 67.5 Å². The highest BCUT2D eigenvalue weighted by atomic mass is 35.5. The summed E-state index contributed by atoms with van der Waals surface area (Å²) >= 11 is 9.47. The molecule has 3 aromatic carbocycles. The van der Waals surface area contributed by atoms with Gasteiger partial charge in [0.15, 0.2) is 0 Å². The second-order valence-electron chi connectivity index (χ2n) is 5.56. The van der Waals surface area contributed by atoms with E-state index in [0.717, 1.165) is 25.3 Å². The van der Waals surface area contributed by atoms with E-state index < -0.39 is 0 Å². The maximum absolute atomic E-state index is 6.05. The number of halogens is 1. The molecule has 0 aliphatic carbocycles. The third-order valence-electron chi connectivity index (χ3n) is 3.98. The van der Waals surface area contributed by atoms with Gasteiger partial charge in [0.2, 0.25) is 0 Å². The molecule has 24 heavy (non-hydrogen) atoms. The second kappa shape index (κ2) is 5.52. The summed E-state index contributed by atoms with van der Waals surface area (Å²) in [6, 6.07) is 18.6. The van der Waals surface area contributed by atoms with Crippen LogP contribution in [0, 0.1) is 0 Å². The van der Waals surface area contributed by atoms with Crippen molar-refractivity contribution in [2.45, 2.75) is 4.90 Å². The number of nitrogens with one attached hydrogen (secondary N) is 1. The molecular formula is C19H11ClN2S2. The third-order valence-corrected chi connectivity index (χ3v) is 6.20. The van der Waals surface area contributed by atoms with Gasteiger partial charge in [0.25, 0.3) is 0 Å². The fraction of sp³-hybridized carbons (Fsp3) is 0. The van der Waals surface area contributed by atoms with E-state index in [1.54, 1.807) is 23.1 Å². The Morgan fingerprint density at radius 1 is 1.04 bits per heavy atom. The van der Waals surface area contributed by atoms with Gasteiger partial charge in [-0.1, -0.05) is 53.7 Å². The summed E-state index contributed by atoms with van der Waals surface area (Å²) in [5.74, 6) is 0. The number of fused-ring (bicyclic) bond motifs is 4. The van der Waals surface area contributed by atoms with Gasteiger partial charge in [0, 0.05) is 21.4 Å². The number of hydrogen-bond acceptors (Lipinski definition) is 4. The number of benzene rings is 3. The lowest BCUT2D eigenvalue weighted by Crippen LogP contribution is -1.89. The number of thiazole rings is 1. The molecular weight excluding hydrogens is 356 g/mol. The van der Waals surface area contributed by atoms with Gasteiger partial charge in [-0.2, -0.15) is 0 Å². The number of hydrogen-bond donors (Lipinski definition) is 1. The molecule has 4 aromatic rings. The monoisotopic (exact) mass is 366 g/mol. The standard InChI is InChI=1S/C19H11ClN2S2/c20-12-6-8-15-14(9-12)21-17(23-15)10-18-22-19-13-4-2-1-3-11(13)5-7-16(19)24-18/h1-10,22H/b18-10-. The van der Waals surface area contributed by atoms with Gasteiger partial charge in [-0.15, -0.1) is 11.3 Å². The number of aromatic nitrogens is 1. The smallest absolute Gasteiger partial charge is 0.119 e. The van der Waals surface area contributed by atoms with E-state index in [4.69, 9.17) is 11.6 Å². The number of thioether (sulfide) groups is 1. The van der Waals surface area contributed by atoms with E-state index in [1.807, 2.05) is 18.2 Å². The summed E-state index contributed by atoms with van der Waals surface area (Å²) in [7, 11) is 0. The summed E-state index contributed by atoms with van der Waals surface area (Å²) < 4.78 is 1.15. The van der Waals surface area contributed by atoms with Crippen molar-refractivity contribution in [3.63, 3.8) is 0 Å². The molecule has 0 amide bonds. The van der Waals surface area contributed by atoms with Crippen LogP contribution in [0.2, 0.25) is 5.02 Å². The topological polar surface area (TPSA) is 24.9 Å². The highest BCUT2D eigenvalue weighted by Crippen LogP contribution is 2.45. The summed E-state index contributed by atoms with van der Waals surface area (Å²) in [5.41, 5.74) is 2.14. The van der Waals surface area contributed by atoms with Crippen LogP contribution < -0.4 is 5.32 Å². The molecule has 1 aromatic heterocycles. The van der Waals surface area contributed by atoms with Crippen LogP contribution in [0.3, 0.4) is 0 Å². The van der Waals surface area contributed by atoms with Crippen molar-refractivity contribution in [1.29, 1.82) is 0 Å². The predicted octanol–water partition coefficient (Wildman–Crippen LogP) is 6.62. The normalized spacial score (nSPS) is 15.1. The highest BCUT2D eigenvalue weighted by Gasteiger charge is 2.18. The molecule has 2 nitrogen and oxygen atoms in total. The molecule has 2 heterocycles. The largest absolute Gasteiger partial charge is 0.348 e. The highest BCUT2D eigenvalue weighted by molar-refractivity contribution is 8.04. The average molecular weight is 367 g/mol. The Hall–Kier alpha value is -2.01. The lowest BCUT2D eigenvalue weighted by molar-refractivity contribution is 1.45. The number of anilines is 1. The fourth-order valence-electron chi connectivity index (χ4n) is 2.89. The van der Waals surface area contributed by atoms with Gasteiger partial charge in [0.05, 0.1) is 20.9 Å². The van der Waals surface area contributed by atoms with Gasteiger partial charge in [-0.25, -0.2) is 4.98 Å². The molecule has 116 valence electrons.